The third kappa shape index (κ3) is 6.47. The number of alkyl halides is 3. The van der Waals surface area contributed by atoms with Crippen LogP contribution < -0.4 is 20.9 Å². The summed E-state index contributed by atoms with van der Waals surface area (Å²) in [6.45, 7) is 0.416. The van der Waals surface area contributed by atoms with Gasteiger partial charge in [0.15, 0.2) is 0 Å². The predicted molar refractivity (Wildman–Crippen MR) is 114 cm³/mol. The molecule has 168 valence electrons. The number of halogens is 3. The number of amides is 2. The highest BCUT2D eigenvalue weighted by Gasteiger charge is 2.33. The van der Waals surface area contributed by atoms with Crippen LogP contribution in [-0.4, -0.2) is 42.7 Å². The molecule has 1 heterocycles. The number of nitrogens with zero attached hydrogens (tertiary/aromatic N) is 3. The fraction of sp³-hybridized carbons (Fsp3) is 0.476. The highest BCUT2D eigenvalue weighted by molar-refractivity contribution is 5.90. The van der Waals surface area contributed by atoms with Crippen LogP contribution in [0.25, 0.3) is 0 Å². The average Bonchev–Trinajstić information content (AvgIpc) is 2.73. The molecule has 1 saturated carbocycles. The molecule has 31 heavy (non-hydrogen) atoms. The van der Waals surface area contributed by atoms with Gasteiger partial charge in [-0.1, -0.05) is 12.1 Å². The topological polar surface area (TPSA) is 82.2 Å². The first-order chi connectivity index (χ1) is 14.7. The van der Waals surface area contributed by atoms with Crippen molar-refractivity contribution in [1.29, 1.82) is 0 Å². The van der Waals surface area contributed by atoms with Crippen molar-refractivity contribution in [2.24, 2.45) is 5.92 Å². The van der Waals surface area contributed by atoms with Gasteiger partial charge in [0.1, 0.15) is 5.82 Å². The smallest absolute Gasteiger partial charge is 0.363 e. The number of aromatic nitrogens is 2. The minimum atomic E-state index is -4.52. The number of para-hydroxylation sites is 1. The summed E-state index contributed by atoms with van der Waals surface area (Å²) in [5.41, 5.74) is -1.11. The molecule has 2 amide bonds. The van der Waals surface area contributed by atoms with Gasteiger partial charge in [0, 0.05) is 32.9 Å². The van der Waals surface area contributed by atoms with Crippen molar-refractivity contribution in [2.45, 2.75) is 37.9 Å². The maximum atomic E-state index is 13.0. The molecule has 7 nitrogen and oxygen atoms in total. The van der Waals surface area contributed by atoms with Crippen molar-refractivity contribution in [2.75, 3.05) is 36.2 Å². The molecule has 0 bridgehead atoms. The molecule has 3 N–H and O–H groups in total. The SMILES string of the molecule is CN(C)c1ccnc(NC2CCC(CNC(=O)Nc3ccccc3C(F)(F)F)CC2)n1. The highest BCUT2D eigenvalue weighted by Crippen LogP contribution is 2.34. The lowest BCUT2D eigenvalue weighted by Gasteiger charge is -2.29. The lowest BCUT2D eigenvalue weighted by Crippen LogP contribution is -2.36. The van der Waals surface area contributed by atoms with Crippen LogP contribution in [-0.2, 0) is 6.18 Å². The summed E-state index contributed by atoms with van der Waals surface area (Å²) in [5, 5.41) is 8.36. The Kier molecular flexibility index (Phi) is 7.19. The lowest BCUT2D eigenvalue weighted by atomic mass is 9.86. The van der Waals surface area contributed by atoms with Crippen LogP contribution >= 0.6 is 0 Å². The average molecular weight is 436 g/mol. The van der Waals surface area contributed by atoms with Crippen LogP contribution in [0.3, 0.4) is 0 Å². The van der Waals surface area contributed by atoms with Crippen LogP contribution in [0.15, 0.2) is 36.5 Å². The molecule has 10 heteroatoms. The summed E-state index contributed by atoms with van der Waals surface area (Å²) >= 11 is 0. The summed E-state index contributed by atoms with van der Waals surface area (Å²) in [6, 6.07) is 6.39. The van der Waals surface area contributed by atoms with E-state index in [2.05, 4.69) is 25.9 Å². The van der Waals surface area contributed by atoms with E-state index in [9.17, 15) is 18.0 Å². The second-order valence-electron chi connectivity index (χ2n) is 7.87. The molecule has 0 radical (unpaired) electrons. The van der Waals surface area contributed by atoms with Crippen LogP contribution in [0.1, 0.15) is 31.2 Å². The standard InChI is InChI=1S/C21H27F3N6O/c1-30(2)18-11-12-25-19(29-18)27-15-9-7-14(8-10-15)13-26-20(31)28-17-6-4-3-5-16(17)21(22,23)24/h3-6,11-12,14-15H,7-10,13H2,1-2H3,(H,25,27,29)(H2,26,28,31). The molecule has 2 aromatic rings. The van der Waals surface area contributed by atoms with Crippen LogP contribution in [0.5, 0.6) is 0 Å². The molecule has 3 rings (SSSR count). The van der Waals surface area contributed by atoms with Crippen LogP contribution in [0, 0.1) is 5.92 Å². The summed E-state index contributed by atoms with van der Waals surface area (Å²) in [5.74, 6) is 1.69. The Hall–Kier alpha value is -3.04. The van der Waals surface area contributed by atoms with Crippen LogP contribution in [0.2, 0.25) is 0 Å². The number of rotatable bonds is 6. The van der Waals surface area contributed by atoms with Gasteiger partial charge < -0.3 is 20.9 Å². The zero-order chi connectivity index (χ0) is 22.4. The van der Waals surface area contributed by atoms with E-state index < -0.39 is 17.8 Å². The maximum absolute atomic E-state index is 13.0. The van der Waals surface area contributed by atoms with E-state index in [0.717, 1.165) is 37.6 Å². The van der Waals surface area contributed by atoms with Crippen molar-refractivity contribution in [3.63, 3.8) is 0 Å². The van der Waals surface area contributed by atoms with E-state index in [1.54, 1.807) is 6.20 Å². The van der Waals surface area contributed by atoms with Gasteiger partial charge in [-0.25, -0.2) is 9.78 Å². The quantitative estimate of drug-likeness (QED) is 0.627. The van der Waals surface area contributed by atoms with E-state index in [4.69, 9.17) is 0 Å². The van der Waals surface area contributed by atoms with Gasteiger partial charge >= 0.3 is 12.2 Å². The van der Waals surface area contributed by atoms with E-state index in [1.165, 1.54) is 18.2 Å². The normalized spacial score (nSPS) is 18.9. The van der Waals surface area contributed by atoms with Crippen molar-refractivity contribution >= 4 is 23.5 Å². The van der Waals surface area contributed by atoms with Crippen molar-refractivity contribution in [3.8, 4) is 0 Å². The minimum Gasteiger partial charge on any atom is -0.363 e. The zero-order valence-corrected chi connectivity index (χ0v) is 17.5. The molecule has 0 spiro atoms. The Morgan fingerprint density at radius 3 is 2.52 bits per heavy atom. The van der Waals surface area contributed by atoms with E-state index in [1.807, 2.05) is 25.1 Å². The molecule has 0 atom stereocenters. The molecule has 0 aliphatic heterocycles. The van der Waals surface area contributed by atoms with Gasteiger partial charge in [0.25, 0.3) is 0 Å². The number of carbonyl (C=O) groups excluding carboxylic acids is 1. The molecule has 1 aliphatic rings. The molecule has 1 aliphatic carbocycles. The Bertz CT molecular complexity index is 881. The fourth-order valence-electron chi connectivity index (χ4n) is 3.60. The minimum absolute atomic E-state index is 0.250. The molecular weight excluding hydrogens is 409 g/mol. The molecule has 0 unspecified atom stereocenters. The molecule has 1 aromatic carbocycles. The lowest BCUT2D eigenvalue weighted by molar-refractivity contribution is -0.136. The fourth-order valence-corrected chi connectivity index (χ4v) is 3.60. The number of hydrogen-bond donors (Lipinski definition) is 3. The van der Waals surface area contributed by atoms with E-state index in [-0.39, 0.29) is 17.6 Å². The second-order valence-corrected chi connectivity index (χ2v) is 7.87. The first kappa shape index (κ1) is 22.6. The van der Waals surface area contributed by atoms with Crippen molar-refractivity contribution < 1.29 is 18.0 Å². The summed E-state index contributed by atoms with van der Waals surface area (Å²) in [4.78, 5) is 22.7. The van der Waals surface area contributed by atoms with Gasteiger partial charge in [0.2, 0.25) is 5.95 Å². The van der Waals surface area contributed by atoms with Gasteiger partial charge in [-0.05, 0) is 49.8 Å². The predicted octanol–water partition coefficient (Wildman–Crippen LogP) is 4.35. The third-order valence-corrected chi connectivity index (χ3v) is 5.31. The number of anilines is 3. The van der Waals surface area contributed by atoms with E-state index >= 15 is 0 Å². The summed E-state index contributed by atoms with van der Waals surface area (Å²) in [7, 11) is 3.84. The Morgan fingerprint density at radius 1 is 1.13 bits per heavy atom. The number of carbonyl (C=O) groups is 1. The number of benzene rings is 1. The summed E-state index contributed by atoms with van der Waals surface area (Å²) < 4.78 is 39.1. The molecule has 1 aromatic heterocycles. The molecule has 1 fully saturated rings. The first-order valence-corrected chi connectivity index (χ1v) is 10.2. The van der Waals surface area contributed by atoms with E-state index in [0.29, 0.717) is 12.5 Å². The molecular formula is C21H27F3N6O. The summed E-state index contributed by atoms with van der Waals surface area (Å²) in [6.07, 6.45) is 0.788. The van der Waals surface area contributed by atoms with Crippen molar-refractivity contribution in [3.05, 3.63) is 42.1 Å². The monoisotopic (exact) mass is 436 g/mol. The maximum Gasteiger partial charge on any atom is 0.418 e. The van der Waals surface area contributed by atoms with Gasteiger partial charge in [-0.15, -0.1) is 0 Å². The second kappa shape index (κ2) is 9.84. The third-order valence-electron chi connectivity index (χ3n) is 5.31. The van der Waals surface area contributed by atoms with Gasteiger partial charge in [-0.3, -0.25) is 0 Å². The van der Waals surface area contributed by atoms with Crippen LogP contribution in [0.4, 0.5) is 35.4 Å². The largest absolute Gasteiger partial charge is 0.418 e. The zero-order valence-electron chi connectivity index (χ0n) is 17.5. The molecule has 0 saturated heterocycles. The van der Waals surface area contributed by atoms with Gasteiger partial charge in [-0.2, -0.15) is 18.2 Å². The number of hydrogen-bond acceptors (Lipinski definition) is 5. The Balaban J connectivity index is 1.44. The number of nitrogens with one attached hydrogen (secondary N) is 3. The highest BCUT2D eigenvalue weighted by atomic mass is 19.4. The number of urea groups is 1. The van der Waals surface area contributed by atoms with Crippen molar-refractivity contribution in [1.82, 2.24) is 15.3 Å². The Morgan fingerprint density at radius 2 is 1.84 bits per heavy atom. The van der Waals surface area contributed by atoms with Gasteiger partial charge in [0.05, 0.1) is 11.3 Å². The Labute approximate surface area is 179 Å². The first-order valence-electron chi connectivity index (χ1n) is 10.2.